The van der Waals surface area contributed by atoms with Crippen LogP contribution in [0.2, 0.25) is 0 Å². The van der Waals surface area contributed by atoms with E-state index in [-0.39, 0.29) is 18.1 Å². The number of carbonyl (C=O) groups is 2. The van der Waals surface area contributed by atoms with Crippen molar-refractivity contribution in [3.63, 3.8) is 0 Å². The van der Waals surface area contributed by atoms with Crippen LogP contribution in [-0.4, -0.2) is 34.1 Å². The third-order valence-electron chi connectivity index (χ3n) is 3.84. The number of nitrogens with zero attached hydrogens (tertiary/aromatic N) is 1. The molecule has 0 atom stereocenters. The highest BCUT2D eigenvalue weighted by atomic mass is 32.2. The van der Waals surface area contributed by atoms with Crippen molar-refractivity contribution in [1.82, 2.24) is 9.97 Å². The molecule has 0 saturated carbocycles. The number of hydrogen-bond donors (Lipinski definition) is 1. The van der Waals surface area contributed by atoms with Crippen LogP contribution in [0.5, 0.6) is 0 Å². The van der Waals surface area contributed by atoms with Crippen LogP contribution in [0.25, 0.3) is 22.0 Å². The number of ether oxygens (including phenoxy) is 1. The van der Waals surface area contributed by atoms with E-state index in [0.29, 0.717) is 16.4 Å². The Balaban J connectivity index is 1.32. The molecule has 2 heterocycles. The molecule has 4 rings (SSSR count). The Kier molecular flexibility index (Phi) is 4.45. The number of hydrogen-bond acceptors (Lipinski definition) is 6. The van der Waals surface area contributed by atoms with Crippen molar-refractivity contribution in [3.05, 3.63) is 60.3 Å². The van der Waals surface area contributed by atoms with Gasteiger partial charge >= 0.3 is 5.97 Å². The van der Waals surface area contributed by atoms with Gasteiger partial charge in [0, 0.05) is 22.7 Å². The molecule has 2 aromatic carbocycles. The van der Waals surface area contributed by atoms with E-state index in [0.717, 1.165) is 28.2 Å². The van der Waals surface area contributed by atoms with Crippen LogP contribution in [0.15, 0.2) is 64.4 Å². The van der Waals surface area contributed by atoms with E-state index in [9.17, 15) is 9.59 Å². The zero-order chi connectivity index (χ0) is 17.9. The third-order valence-corrected chi connectivity index (χ3v) is 4.64. The van der Waals surface area contributed by atoms with E-state index in [1.807, 2.05) is 48.5 Å². The number of esters is 1. The molecule has 0 amide bonds. The maximum absolute atomic E-state index is 12.3. The Hall–Kier alpha value is -3.06. The summed E-state index contributed by atoms with van der Waals surface area (Å²) < 4.78 is 10.6. The van der Waals surface area contributed by atoms with Crippen molar-refractivity contribution in [2.45, 2.75) is 5.22 Å². The van der Waals surface area contributed by atoms with E-state index in [1.54, 1.807) is 6.20 Å². The number of nitrogens with one attached hydrogen (secondary N) is 1. The van der Waals surface area contributed by atoms with E-state index in [1.165, 1.54) is 0 Å². The number of aromatic amines is 1. The van der Waals surface area contributed by atoms with Gasteiger partial charge in [-0.2, -0.15) is 0 Å². The first-order valence-corrected chi connectivity index (χ1v) is 8.92. The second kappa shape index (κ2) is 7.05. The van der Waals surface area contributed by atoms with Crippen molar-refractivity contribution in [3.8, 4) is 0 Å². The van der Waals surface area contributed by atoms with Gasteiger partial charge in [0.25, 0.3) is 5.22 Å². The maximum Gasteiger partial charge on any atom is 0.316 e. The Bertz CT molecular complexity index is 1070. The van der Waals surface area contributed by atoms with Crippen LogP contribution in [0, 0.1) is 0 Å². The van der Waals surface area contributed by atoms with Crippen molar-refractivity contribution in [2.75, 3.05) is 12.4 Å². The quantitative estimate of drug-likeness (QED) is 0.317. The summed E-state index contributed by atoms with van der Waals surface area (Å²) in [5.74, 6) is -0.721. The summed E-state index contributed by atoms with van der Waals surface area (Å²) in [6.45, 7) is -0.297. The summed E-state index contributed by atoms with van der Waals surface area (Å²) in [7, 11) is 0. The summed E-state index contributed by atoms with van der Waals surface area (Å²) in [6.07, 6.45) is 1.63. The Morgan fingerprint density at radius 1 is 1.12 bits per heavy atom. The van der Waals surface area contributed by atoms with Gasteiger partial charge in [0.1, 0.15) is 11.3 Å². The molecular formula is C19H14N2O4S. The molecule has 0 spiro atoms. The fraction of sp³-hybridized carbons (Fsp3) is 0.105. The topological polar surface area (TPSA) is 85.2 Å². The van der Waals surface area contributed by atoms with Crippen molar-refractivity contribution >= 4 is 45.5 Å². The predicted molar refractivity (Wildman–Crippen MR) is 98.3 cm³/mol. The normalized spacial score (nSPS) is 11.1. The lowest BCUT2D eigenvalue weighted by atomic mass is 10.1. The van der Waals surface area contributed by atoms with E-state index in [4.69, 9.17) is 9.15 Å². The average Bonchev–Trinajstić information content (AvgIpc) is 3.28. The molecule has 1 N–H and O–H groups in total. The number of thioether (sulfide) groups is 1. The first-order valence-electron chi connectivity index (χ1n) is 7.94. The predicted octanol–water partition coefficient (Wildman–Crippen LogP) is 3.83. The SMILES string of the molecule is O=C(CSc1nc2ccccc2o1)OCC(=O)c1c[nH]c2ccccc12. The van der Waals surface area contributed by atoms with Gasteiger partial charge in [-0.05, 0) is 18.2 Å². The minimum atomic E-state index is -0.495. The van der Waals surface area contributed by atoms with E-state index in [2.05, 4.69) is 9.97 Å². The highest BCUT2D eigenvalue weighted by Gasteiger charge is 2.15. The third kappa shape index (κ3) is 3.34. The first kappa shape index (κ1) is 16.4. The van der Waals surface area contributed by atoms with Crippen LogP contribution in [0.1, 0.15) is 10.4 Å². The van der Waals surface area contributed by atoms with Crippen molar-refractivity contribution in [1.29, 1.82) is 0 Å². The van der Waals surface area contributed by atoms with Gasteiger partial charge in [0.05, 0.1) is 0 Å². The van der Waals surface area contributed by atoms with Crippen molar-refractivity contribution in [2.24, 2.45) is 0 Å². The standard InChI is InChI=1S/C19H14N2O4S/c22-16(13-9-20-14-6-2-1-5-12(13)14)10-24-18(23)11-26-19-21-15-7-3-4-8-17(15)25-19/h1-9,20H,10-11H2. The Morgan fingerprint density at radius 2 is 1.92 bits per heavy atom. The summed E-state index contributed by atoms with van der Waals surface area (Å²) in [5.41, 5.74) is 2.78. The fourth-order valence-electron chi connectivity index (χ4n) is 2.60. The van der Waals surface area contributed by atoms with Crippen LogP contribution in [-0.2, 0) is 9.53 Å². The summed E-state index contributed by atoms with van der Waals surface area (Å²) in [5, 5.41) is 1.21. The molecule has 0 unspecified atom stereocenters. The summed E-state index contributed by atoms with van der Waals surface area (Å²) in [4.78, 5) is 31.5. The van der Waals surface area contributed by atoms with Gasteiger partial charge in [-0.3, -0.25) is 9.59 Å². The Labute approximate surface area is 152 Å². The molecule has 4 aromatic rings. The van der Waals surface area contributed by atoms with Gasteiger partial charge < -0.3 is 14.1 Å². The number of rotatable bonds is 6. The number of fused-ring (bicyclic) bond motifs is 2. The number of benzene rings is 2. The number of oxazole rings is 1. The van der Waals surface area contributed by atoms with Crippen LogP contribution >= 0.6 is 11.8 Å². The summed E-state index contributed by atoms with van der Waals surface area (Å²) >= 11 is 1.14. The lowest BCUT2D eigenvalue weighted by molar-refractivity contribution is -0.139. The molecule has 2 aromatic heterocycles. The molecule has 7 heteroatoms. The largest absolute Gasteiger partial charge is 0.457 e. The minimum absolute atomic E-state index is 0.0218. The molecule has 130 valence electrons. The highest BCUT2D eigenvalue weighted by Crippen LogP contribution is 2.23. The fourth-order valence-corrected chi connectivity index (χ4v) is 3.24. The molecule has 0 bridgehead atoms. The zero-order valence-corrected chi connectivity index (χ0v) is 14.4. The number of H-pyrrole nitrogens is 1. The van der Waals surface area contributed by atoms with Crippen LogP contribution in [0.3, 0.4) is 0 Å². The number of aromatic nitrogens is 2. The summed E-state index contributed by atoms with van der Waals surface area (Å²) in [6, 6.07) is 14.8. The van der Waals surface area contributed by atoms with Gasteiger partial charge in [0.2, 0.25) is 5.78 Å². The molecule has 26 heavy (non-hydrogen) atoms. The smallest absolute Gasteiger partial charge is 0.316 e. The van der Waals surface area contributed by atoms with Gasteiger partial charge in [-0.1, -0.05) is 42.1 Å². The number of ketones is 1. The molecule has 0 fully saturated rings. The zero-order valence-electron chi connectivity index (χ0n) is 13.6. The maximum atomic E-state index is 12.3. The van der Waals surface area contributed by atoms with Gasteiger partial charge in [0.15, 0.2) is 12.2 Å². The van der Waals surface area contributed by atoms with Crippen molar-refractivity contribution < 1.29 is 18.7 Å². The lowest BCUT2D eigenvalue weighted by Gasteiger charge is -2.02. The number of para-hydroxylation sites is 3. The minimum Gasteiger partial charge on any atom is -0.457 e. The molecule has 0 aliphatic rings. The lowest BCUT2D eigenvalue weighted by Crippen LogP contribution is -2.15. The van der Waals surface area contributed by atoms with E-state index < -0.39 is 5.97 Å². The molecule has 0 saturated heterocycles. The number of Topliss-reactive ketones (excluding diaryl/α,β-unsaturated/α-hetero) is 1. The van der Waals surface area contributed by atoms with E-state index >= 15 is 0 Å². The van der Waals surface area contributed by atoms with Crippen LogP contribution < -0.4 is 0 Å². The molecule has 0 radical (unpaired) electrons. The molecule has 0 aliphatic carbocycles. The molecule has 0 aliphatic heterocycles. The van der Waals surface area contributed by atoms with Crippen LogP contribution in [0.4, 0.5) is 0 Å². The second-order valence-corrected chi connectivity index (χ2v) is 6.49. The van der Waals surface area contributed by atoms with Gasteiger partial charge in [-0.25, -0.2) is 4.98 Å². The first-order chi connectivity index (χ1) is 12.7. The van der Waals surface area contributed by atoms with Gasteiger partial charge in [-0.15, -0.1) is 0 Å². The number of carbonyl (C=O) groups excluding carboxylic acids is 2. The molecular weight excluding hydrogens is 352 g/mol. The second-order valence-electron chi connectivity index (χ2n) is 5.57. The molecule has 6 nitrogen and oxygen atoms in total. The monoisotopic (exact) mass is 366 g/mol. The average molecular weight is 366 g/mol. The Morgan fingerprint density at radius 3 is 2.81 bits per heavy atom. The highest BCUT2D eigenvalue weighted by molar-refractivity contribution is 7.99.